The average molecular weight is 413 g/mol. The topological polar surface area (TPSA) is 70.1 Å². The third kappa shape index (κ3) is 4.39. The molecule has 0 aliphatic carbocycles. The van der Waals surface area contributed by atoms with Crippen molar-refractivity contribution in [1.29, 1.82) is 0 Å². The van der Waals surface area contributed by atoms with Crippen LogP contribution in [0.25, 0.3) is 0 Å². The highest BCUT2D eigenvalue weighted by molar-refractivity contribution is 9.10. The molecule has 0 spiro atoms. The number of anilines is 4. The number of nitrogens with zero attached hydrogens (tertiary/aromatic N) is 2. The zero-order chi connectivity index (χ0) is 18.7. The summed E-state index contributed by atoms with van der Waals surface area (Å²) in [5, 5.41) is 16.8. The van der Waals surface area contributed by atoms with Gasteiger partial charge in [-0.1, -0.05) is 34.1 Å². The average Bonchev–Trinajstić information content (AvgIpc) is 2.59. The third-order valence-corrected chi connectivity index (χ3v) is 4.58. The van der Waals surface area contributed by atoms with E-state index >= 15 is 0 Å². The molecule has 134 valence electrons. The molecule has 0 fully saturated rings. The van der Waals surface area contributed by atoms with E-state index in [0.29, 0.717) is 5.95 Å². The lowest BCUT2D eigenvalue weighted by atomic mass is 9.98. The molecule has 5 nitrogen and oxygen atoms in total. The summed E-state index contributed by atoms with van der Waals surface area (Å²) in [6, 6.07) is 15.6. The first-order valence-corrected chi connectivity index (χ1v) is 9.07. The number of para-hydroxylation sites is 1. The fourth-order valence-electron chi connectivity index (χ4n) is 2.49. The number of nitrogens with one attached hydrogen (secondary N) is 2. The summed E-state index contributed by atoms with van der Waals surface area (Å²) in [6.45, 7) is 5.46. The van der Waals surface area contributed by atoms with Crippen LogP contribution in [-0.2, 0) is 5.60 Å². The van der Waals surface area contributed by atoms with Crippen LogP contribution in [0.5, 0.6) is 0 Å². The minimum absolute atomic E-state index is 0.484. The summed E-state index contributed by atoms with van der Waals surface area (Å²) in [4.78, 5) is 8.92. The van der Waals surface area contributed by atoms with Crippen molar-refractivity contribution in [3.05, 3.63) is 70.3 Å². The van der Waals surface area contributed by atoms with Gasteiger partial charge in [-0.15, -0.1) is 0 Å². The van der Waals surface area contributed by atoms with E-state index in [-0.39, 0.29) is 0 Å². The highest BCUT2D eigenvalue weighted by atomic mass is 79.9. The number of aromatic nitrogens is 2. The van der Waals surface area contributed by atoms with Crippen LogP contribution in [0.1, 0.15) is 25.0 Å². The van der Waals surface area contributed by atoms with Crippen molar-refractivity contribution in [2.45, 2.75) is 26.4 Å². The van der Waals surface area contributed by atoms with Crippen LogP contribution in [0.4, 0.5) is 23.1 Å². The van der Waals surface area contributed by atoms with Gasteiger partial charge in [0.2, 0.25) is 5.95 Å². The number of benzene rings is 2. The molecule has 3 rings (SSSR count). The van der Waals surface area contributed by atoms with Crippen LogP contribution in [0, 0.1) is 6.92 Å². The molecule has 26 heavy (non-hydrogen) atoms. The Hall–Kier alpha value is -2.44. The Bertz CT molecular complexity index is 907. The Labute approximate surface area is 161 Å². The Morgan fingerprint density at radius 3 is 2.42 bits per heavy atom. The first-order valence-electron chi connectivity index (χ1n) is 8.28. The molecule has 6 heteroatoms. The predicted octanol–water partition coefficient (Wildman–Crippen LogP) is 5.26. The molecule has 2 aromatic carbocycles. The number of hydrogen-bond donors (Lipinski definition) is 3. The number of aryl methyl sites for hydroxylation is 1. The molecule has 0 aliphatic heterocycles. The van der Waals surface area contributed by atoms with Gasteiger partial charge in [0.15, 0.2) is 0 Å². The second-order valence-corrected chi connectivity index (χ2v) is 7.45. The van der Waals surface area contributed by atoms with Gasteiger partial charge < -0.3 is 15.7 Å². The normalized spacial score (nSPS) is 11.3. The first kappa shape index (κ1) is 18.4. The van der Waals surface area contributed by atoms with Gasteiger partial charge in [-0.05, 0) is 56.7 Å². The molecule has 3 aromatic rings. The summed E-state index contributed by atoms with van der Waals surface area (Å²) in [5.74, 6) is 1.23. The van der Waals surface area contributed by atoms with Gasteiger partial charge in [0.25, 0.3) is 0 Å². The van der Waals surface area contributed by atoms with Crippen LogP contribution < -0.4 is 10.6 Å². The Morgan fingerprint density at radius 1 is 1.00 bits per heavy atom. The zero-order valence-corrected chi connectivity index (χ0v) is 16.5. The maximum absolute atomic E-state index is 10.3. The molecule has 0 radical (unpaired) electrons. The van der Waals surface area contributed by atoms with Crippen molar-refractivity contribution in [3.63, 3.8) is 0 Å². The second-order valence-electron chi connectivity index (χ2n) is 6.59. The molecule has 0 unspecified atom stereocenters. The van der Waals surface area contributed by atoms with Gasteiger partial charge in [-0.3, -0.25) is 0 Å². The summed E-state index contributed by atoms with van der Waals surface area (Å²) >= 11 is 3.48. The SMILES string of the molecule is Cc1cnc(Nc2ccc(Br)c(C(C)(C)O)c2)nc1Nc1ccccc1. The lowest BCUT2D eigenvalue weighted by molar-refractivity contribution is 0.0779. The van der Waals surface area contributed by atoms with E-state index in [1.54, 1.807) is 20.0 Å². The highest BCUT2D eigenvalue weighted by Gasteiger charge is 2.19. The smallest absolute Gasteiger partial charge is 0.229 e. The molecule has 0 amide bonds. The van der Waals surface area contributed by atoms with E-state index in [4.69, 9.17) is 0 Å². The largest absolute Gasteiger partial charge is 0.386 e. The highest BCUT2D eigenvalue weighted by Crippen LogP contribution is 2.31. The molecule has 0 aliphatic rings. The van der Waals surface area contributed by atoms with Crippen LogP contribution in [0.2, 0.25) is 0 Å². The van der Waals surface area contributed by atoms with E-state index < -0.39 is 5.60 Å². The lowest BCUT2D eigenvalue weighted by Crippen LogP contribution is -2.16. The van der Waals surface area contributed by atoms with Gasteiger partial charge >= 0.3 is 0 Å². The number of rotatable bonds is 5. The first-order chi connectivity index (χ1) is 12.3. The Morgan fingerprint density at radius 2 is 1.73 bits per heavy atom. The van der Waals surface area contributed by atoms with Crippen molar-refractivity contribution in [3.8, 4) is 0 Å². The standard InChI is InChI=1S/C20H21BrN4O/c1-13-12-22-19(25-18(13)23-14-7-5-4-6-8-14)24-15-9-10-17(21)16(11-15)20(2,3)26/h4-12,26H,1-3H3,(H2,22,23,24,25). The molecule has 0 atom stereocenters. The van der Waals surface area contributed by atoms with Gasteiger partial charge in [-0.2, -0.15) is 4.98 Å². The Balaban J connectivity index is 1.86. The molecule has 3 N–H and O–H groups in total. The van der Waals surface area contributed by atoms with E-state index in [9.17, 15) is 5.11 Å². The quantitative estimate of drug-likeness (QED) is 0.532. The van der Waals surface area contributed by atoms with Crippen LogP contribution in [0.3, 0.4) is 0 Å². The van der Waals surface area contributed by atoms with Crippen molar-refractivity contribution in [1.82, 2.24) is 9.97 Å². The minimum Gasteiger partial charge on any atom is -0.386 e. The van der Waals surface area contributed by atoms with Crippen LogP contribution >= 0.6 is 15.9 Å². The van der Waals surface area contributed by atoms with E-state index in [1.807, 2.05) is 55.5 Å². The number of halogens is 1. The van der Waals surface area contributed by atoms with Crippen molar-refractivity contribution >= 4 is 39.1 Å². The molecule has 0 saturated heterocycles. The zero-order valence-electron chi connectivity index (χ0n) is 14.9. The van der Waals surface area contributed by atoms with Gasteiger partial charge in [0, 0.05) is 27.6 Å². The maximum atomic E-state index is 10.3. The molecular weight excluding hydrogens is 392 g/mol. The number of aliphatic hydroxyl groups is 1. The minimum atomic E-state index is -0.954. The monoisotopic (exact) mass is 412 g/mol. The molecule has 0 saturated carbocycles. The Kier molecular flexibility index (Phi) is 5.25. The predicted molar refractivity (Wildman–Crippen MR) is 109 cm³/mol. The van der Waals surface area contributed by atoms with Gasteiger partial charge in [0.05, 0.1) is 5.60 Å². The van der Waals surface area contributed by atoms with Crippen LogP contribution in [0.15, 0.2) is 59.2 Å². The summed E-state index contributed by atoms with van der Waals surface area (Å²) in [6.07, 6.45) is 1.77. The van der Waals surface area contributed by atoms with E-state index in [0.717, 1.165) is 32.8 Å². The fourth-order valence-corrected chi connectivity index (χ4v) is 3.22. The molecule has 1 aromatic heterocycles. The second kappa shape index (κ2) is 7.43. The van der Waals surface area contributed by atoms with Crippen molar-refractivity contribution < 1.29 is 5.11 Å². The summed E-state index contributed by atoms with van der Waals surface area (Å²) < 4.78 is 0.854. The molecule has 1 heterocycles. The van der Waals surface area contributed by atoms with Crippen LogP contribution in [-0.4, -0.2) is 15.1 Å². The third-order valence-electron chi connectivity index (χ3n) is 3.89. The summed E-state index contributed by atoms with van der Waals surface area (Å²) in [5.41, 5.74) is 2.56. The summed E-state index contributed by atoms with van der Waals surface area (Å²) in [7, 11) is 0. The lowest BCUT2D eigenvalue weighted by Gasteiger charge is -2.20. The van der Waals surface area contributed by atoms with Crippen molar-refractivity contribution in [2.24, 2.45) is 0 Å². The maximum Gasteiger partial charge on any atom is 0.229 e. The number of hydrogen-bond acceptors (Lipinski definition) is 5. The van der Waals surface area contributed by atoms with Gasteiger partial charge in [0.1, 0.15) is 5.82 Å². The van der Waals surface area contributed by atoms with Gasteiger partial charge in [-0.25, -0.2) is 4.98 Å². The molecular formula is C20H21BrN4O. The molecule has 0 bridgehead atoms. The van der Waals surface area contributed by atoms with E-state index in [2.05, 4.69) is 36.5 Å². The van der Waals surface area contributed by atoms with E-state index in [1.165, 1.54) is 0 Å². The fraction of sp³-hybridized carbons (Fsp3) is 0.200. The van der Waals surface area contributed by atoms with Crippen molar-refractivity contribution in [2.75, 3.05) is 10.6 Å².